The number of hydrogen-bond acceptors (Lipinski definition) is 3. The summed E-state index contributed by atoms with van der Waals surface area (Å²) in [6, 6.07) is 9.58. The summed E-state index contributed by atoms with van der Waals surface area (Å²) in [4.78, 5) is 16.6. The molecule has 0 aliphatic rings. The first kappa shape index (κ1) is 14.2. The second kappa shape index (κ2) is 5.91. The molecule has 0 saturated carbocycles. The van der Waals surface area contributed by atoms with Crippen molar-refractivity contribution in [2.75, 3.05) is 12.3 Å². The zero-order chi connectivity index (χ0) is 14.8. The summed E-state index contributed by atoms with van der Waals surface area (Å²) in [5, 5.41) is 3.84. The van der Waals surface area contributed by atoms with Crippen LogP contribution in [0.1, 0.15) is 15.2 Å². The average molecular weight is 364 g/mol. The maximum absolute atomic E-state index is 12.2. The maximum Gasteiger partial charge on any atom is 0.253 e. The van der Waals surface area contributed by atoms with Crippen LogP contribution < -0.4 is 11.1 Å². The van der Waals surface area contributed by atoms with Crippen LogP contribution in [0.25, 0.3) is 10.9 Å². The summed E-state index contributed by atoms with van der Waals surface area (Å²) in [5.74, 6) is -0.0679. The van der Waals surface area contributed by atoms with E-state index in [1.807, 2.05) is 18.2 Å². The molecule has 0 saturated heterocycles. The largest absolute Gasteiger partial charge is 0.399 e. The first-order valence-corrected chi connectivity index (χ1v) is 8.13. The Labute approximate surface area is 134 Å². The lowest BCUT2D eigenvalue weighted by atomic mass is 10.1. The maximum atomic E-state index is 12.2. The van der Waals surface area contributed by atoms with Crippen molar-refractivity contribution in [3.63, 3.8) is 0 Å². The van der Waals surface area contributed by atoms with Crippen LogP contribution in [-0.2, 0) is 6.42 Å². The van der Waals surface area contributed by atoms with Crippen molar-refractivity contribution in [3.8, 4) is 0 Å². The van der Waals surface area contributed by atoms with Gasteiger partial charge in [0.25, 0.3) is 5.91 Å². The van der Waals surface area contributed by atoms with E-state index in [4.69, 9.17) is 5.73 Å². The molecule has 4 N–H and O–H groups in total. The Balaban J connectivity index is 1.66. The van der Waals surface area contributed by atoms with Crippen LogP contribution in [0.3, 0.4) is 0 Å². The van der Waals surface area contributed by atoms with Crippen LogP contribution in [0.15, 0.2) is 40.3 Å². The lowest BCUT2D eigenvalue weighted by Gasteiger charge is -2.03. The Morgan fingerprint density at radius 1 is 1.33 bits per heavy atom. The predicted molar refractivity (Wildman–Crippen MR) is 90.8 cm³/mol. The number of nitrogen functional groups attached to an aromatic ring is 1. The van der Waals surface area contributed by atoms with Gasteiger partial charge in [-0.05, 0) is 52.7 Å². The van der Waals surface area contributed by atoms with Gasteiger partial charge in [0.2, 0.25) is 0 Å². The minimum Gasteiger partial charge on any atom is -0.399 e. The standard InChI is InChI=1S/C15H14BrN3OS/c16-14-4-2-10(21-14)5-6-18-15(20)12-8-19-13-7-9(17)1-3-11(12)13/h1-4,7-8,19H,5-6,17H2,(H,18,20). The van der Waals surface area contributed by atoms with E-state index in [9.17, 15) is 4.79 Å². The second-order valence-corrected chi connectivity index (χ2v) is 7.27. The van der Waals surface area contributed by atoms with Crippen LogP contribution in [0, 0.1) is 0 Å². The van der Waals surface area contributed by atoms with Gasteiger partial charge in [-0.3, -0.25) is 4.79 Å². The van der Waals surface area contributed by atoms with Crippen molar-refractivity contribution in [3.05, 3.63) is 50.8 Å². The van der Waals surface area contributed by atoms with Gasteiger partial charge in [-0.25, -0.2) is 0 Å². The van der Waals surface area contributed by atoms with Crippen LogP contribution in [0.2, 0.25) is 0 Å². The smallest absolute Gasteiger partial charge is 0.253 e. The molecule has 3 rings (SSSR count). The molecule has 6 heteroatoms. The number of carbonyl (C=O) groups excluding carboxylic acids is 1. The van der Waals surface area contributed by atoms with E-state index in [0.717, 1.165) is 21.1 Å². The van der Waals surface area contributed by atoms with E-state index >= 15 is 0 Å². The molecule has 0 radical (unpaired) electrons. The topological polar surface area (TPSA) is 70.9 Å². The number of nitrogens with two attached hydrogens (primary N) is 1. The third-order valence-electron chi connectivity index (χ3n) is 3.24. The molecule has 2 heterocycles. The summed E-state index contributed by atoms with van der Waals surface area (Å²) >= 11 is 5.12. The number of aromatic nitrogens is 1. The molecule has 0 bridgehead atoms. The number of aromatic amines is 1. The van der Waals surface area contributed by atoms with E-state index in [2.05, 4.69) is 32.3 Å². The first-order valence-electron chi connectivity index (χ1n) is 6.52. The van der Waals surface area contributed by atoms with Crippen molar-refractivity contribution in [2.45, 2.75) is 6.42 Å². The van der Waals surface area contributed by atoms with Gasteiger partial charge in [0.05, 0.1) is 9.35 Å². The molecule has 4 nitrogen and oxygen atoms in total. The lowest BCUT2D eigenvalue weighted by molar-refractivity contribution is 0.0956. The number of carbonyl (C=O) groups is 1. The summed E-state index contributed by atoms with van der Waals surface area (Å²) in [5.41, 5.74) is 7.94. The number of rotatable bonds is 4. The SMILES string of the molecule is Nc1ccc2c(C(=O)NCCc3ccc(Br)s3)c[nH]c2c1. The molecule has 108 valence electrons. The van der Waals surface area contributed by atoms with Crippen LogP contribution in [0.4, 0.5) is 5.69 Å². The number of benzene rings is 1. The third kappa shape index (κ3) is 3.11. The Bertz CT molecular complexity index is 793. The highest BCUT2D eigenvalue weighted by atomic mass is 79.9. The van der Waals surface area contributed by atoms with E-state index in [1.54, 1.807) is 23.6 Å². The summed E-state index contributed by atoms with van der Waals surface area (Å²) in [7, 11) is 0. The number of H-pyrrole nitrogens is 1. The van der Waals surface area contributed by atoms with Gasteiger partial charge in [0.1, 0.15) is 0 Å². The first-order chi connectivity index (χ1) is 10.1. The van der Waals surface area contributed by atoms with Gasteiger partial charge in [-0.15, -0.1) is 11.3 Å². The molecule has 1 aromatic carbocycles. The molecule has 2 aromatic heterocycles. The normalized spacial score (nSPS) is 10.9. The van der Waals surface area contributed by atoms with E-state index < -0.39 is 0 Å². The fourth-order valence-electron chi connectivity index (χ4n) is 2.21. The van der Waals surface area contributed by atoms with Crippen LogP contribution >= 0.6 is 27.3 Å². The molecule has 0 atom stereocenters. The molecular weight excluding hydrogens is 350 g/mol. The molecular formula is C15H14BrN3OS. The third-order valence-corrected chi connectivity index (χ3v) is 4.92. The Morgan fingerprint density at radius 3 is 2.95 bits per heavy atom. The van der Waals surface area contributed by atoms with Crippen molar-refractivity contribution in [1.29, 1.82) is 0 Å². The monoisotopic (exact) mass is 363 g/mol. The van der Waals surface area contributed by atoms with Crippen LogP contribution in [-0.4, -0.2) is 17.4 Å². The number of halogens is 1. The van der Waals surface area contributed by atoms with Gasteiger partial charge < -0.3 is 16.0 Å². The fraction of sp³-hybridized carbons (Fsp3) is 0.133. The Morgan fingerprint density at radius 2 is 2.19 bits per heavy atom. The van der Waals surface area contributed by atoms with Crippen molar-refractivity contribution in [2.24, 2.45) is 0 Å². The highest BCUT2D eigenvalue weighted by Gasteiger charge is 2.11. The lowest BCUT2D eigenvalue weighted by Crippen LogP contribution is -2.25. The Kier molecular flexibility index (Phi) is 3.98. The van der Waals surface area contributed by atoms with Crippen molar-refractivity contribution in [1.82, 2.24) is 10.3 Å². The van der Waals surface area contributed by atoms with Gasteiger partial charge in [-0.2, -0.15) is 0 Å². The number of amides is 1. The number of thiophene rings is 1. The van der Waals surface area contributed by atoms with Crippen molar-refractivity contribution < 1.29 is 4.79 Å². The molecule has 21 heavy (non-hydrogen) atoms. The quantitative estimate of drug-likeness (QED) is 0.620. The predicted octanol–water partition coefficient (Wildman–Crippen LogP) is 3.55. The molecule has 0 aliphatic heterocycles. The molecule has 0 spiro atoms. The van der Waals surface area contributed by atoms with E-state index in [-0.39, 0.29) is 5.91 Å². The number of anilines is 1. The highest BCUT2D eigenvalue weighted by Crippen LogP contribution is 2.22. The fourth-order valence-corrected chi connectivity index (χ4v) is 3.69. The number of hydrogen-bond donors (Lipinski definition) is 3. The summed E-state index contributed by atoms with van der Waals surface area (Å²) in [6.45, 7) is 0.618. The zero-order valence-electron chi connectivity index (χ0n) is 11.2. The van der Waals surface area contributed by atoms with Gasteiger partial charge in [0.15, 0.2) is 0 Å². The molecule has 0 unspecified atom stereocenters. The molecule has 0 aliphatic carbocycles. The minimum absolute atomic E-state index is 0.0679. The van der Waals surface area contributed by atoms with Gasteiger partial charge in [-0.1, -0.05) is 0 Å². The number of fused-ring (bicyclic) bond motifs is 1. The van der Waals surface area contributed by atoms with Gasteiger partial charge >= 0.3 is 0 Å². The molecule has 3 aromatic rings. The minimum atomic E-state index is -0.0679. The summed E-state index contributed by atoms with van der Waals surface area (Å²) < 4.78 is 1.11. The van der Waals surface area contributed by atoms with Crippen LogP contribution in [0.5, 0.6) is 0 Å². The van der Waals surface area contributed by atoms with Crippen molar-refractivity contribution >= 4 is 49.8 Å². The zero-order valence-corrected chi connectivity index (χ0v) is 13.6. The average Bonchev–Trinajstić information content (AvgIpc) is 3.04. The molecule has 1 amide bonds. The summed E-state index contributed by atoms with van der Waals surface area (Å²) in [6.07, 6.45) is 2.55. The van der Waals surface area contributed by atoms with Gasteiger partial charge in [0, 0.05) is 34.2 Å². The number of nitrogens with one attached hydrogen (secondary N) is 2. The van der Waals surface area contributed by atoms with E-state index in [1.165, 1.54) is 4.88 Å². The molecule has 0 fully saturated rings. The second-order valence-electron chi connectivity index (χ2n) is 4.72. The Hall–Kier alpha value is -1.79. The highest BCUT2D eigenvalue weighted by molar-refractivity contribution is 9.11. The van der Waals surface area contributed by atoms with E-state index in [0.29, 0.717) is 17.8 Å².